The van der Waals surface area contributed by atoms with Crippen molar-refractivity contribution in [2.45, 2.75) is 36.5 Å². The summed E-state index contributed by atoms with van der Waals surface area (Å²) in [6.45, 7) is 1.04. The average molecular weight is 390 g/mol. The number of hydrogen-bond acceptors (Lipinski definition) is 5. The molecule has 8 nitrogen and oxygen atoms in total. The van der Waals surface area contributed by atoms with Crippen LogP contribution in [0.25, 0.3) is 0 Å². The second kappa shape index (κ2) is 6.97. The lowest BCUT2D eigenvalue weighted by atomic mass is 10.3. The highest BCUT2D eigenvalue weighted by Crippen LogP contribution is 2.38. The first kappa shape index (κ1) is 18.0. The highest BCUT2D eigenvalue weighted by atomic mass is 32.2. The zero-order valence-electron chi connectivity index (χ0n) is 15.1. The summed E-state index contributed by atoms with van der Waals surface area (Å²) >= 11 is 0. The summed E-state index contributed by atoms with van der Waals surface area (Å²) in [5, 5.41) is 2.76. The third-order valence-electron chi connectivity index (χ3n) is 4.91. The van der Waals surface area contributed by atoms with Gasteiger partial charge in [-0.3, -0.25) is 4.79 Å². The van der Waals surface area contributed by atoms with Gasteiger partial charge in [0.05, 0.1) is 13.3 Å². The van der Waals surface area contributed by atoms with Crippen molar-refractivity contribution in [3.63, 3.8) is 0 Å². The zero-order chi connectivity index (χ0) is 19.0. The number of rotatable bonds is 6. The molecule has 0 unspecified atom stereocenters. The monoisotopic (exact) mass is 390 g/mol. The van der Waals surface area contributed by atoms with Crippen LogP contribution in [-0.4, -0.2) is 48.8 Å². The molecule has 1 saturated carbocycles. The van der Waals surface area contributed by atoms with Crippen LogP contribution in [0.4, 0.5) is 5.69 Å². The van der Waals surface area contributed by atoms with E-state index in [1.54, 1.807) is 6.07 Å². The summed E-state index contributed by atoms with van der Waals surface area (Å²) in [6, 6.07) is 4.57. The highest BCUT2D eigenvalue weighted by molar-refractivity contribution is 7.89. The Morgan fingerprint density at radius 1 is 1.30 bits per heavy atom. The summed E-state index contributed by atoms with van der Waals surface area (Å²) in [4.78, 5) is 19.8. The SMILES string of the molecule is COc1cc(NC(=O)c2cnc(C3CC3)[nH]2)ccc1S(=O)(=O)N1CCCC1. The third kappa shape index (κ3) is 3.57. The van der Waals surface area contributed by atoms with E-state index < -0.39 is 10.0 Å². The number of H-pyrrole nitrogens is 1. The Hall–Kier alpha value is -2.39. The second-order valence-electron chi connectivity index (χ2n) is 6.89. The number of anilines is 1. The van der Waals surface area contributed by atoms with Crippen LogP contribution in [0.1, 0.15) is 47.9 Å². The first-order chi connectivity index (χ1) is 13.0. The Balaban J connectivity index is 1.54. The smallest absolute Gasteiger partial charge is 0.273 e. The van der Waals surface area contributed by atoms with Gasteiger partial charge in [-0.25, -0.2) is 13.4 Å². The molecule has 1 saturated heterocycles. The normalized spacial score (nSPS) is 17.8. The van der Waals surface area contributed by atoms with Crippen molar-refractivity contribution in [1.82, 2.24) is 14.3 Å². The van der Waals surface area contributed by atoms with Gasteiger partial charge in [0.1, 0.15) is 22.2 Å². The number of aromatic amines is 1. The molecule has 2 aromatic rings. The van der Waals surface area contributed by atoms with E-state index in [-0.39, 0.29) is 16.6 Å². The Labute approximate surface area is 158 Å². The number of sulfonamides is 1. The molecule has 0 spiro atoms. The zero-order valence-corrected chi connectivity index (χ0v) is 15.9. The van der Waals surface area contributed by atoms with E-state index >= 15 is 0 Å². The lowest BCUT2D eigenvalue weighted by Gasteiger charge is -2.18. The van der Waals surface area contributed by atoms with Crippen LogP contribution in [-0.2, 0) is 10.0 Å². The molecule has 1 aliphatic heterocycles. The molecule has 2 fully saturated rings. The molecule has 144 valence electrons. The van der Waals surface area contributed by atoms with Crippen molar-refractivity contribution in [2.75, 3.05) is 25.5 Å². The van der Waals surface area contributed by atoms with Crippen molar-refractivity contribution >= 4 is 21.6 Å². The maximum atomic E-state index is 12.8. The largest absolute Gasteiger partial charge is 0.495 e. The van der Waals surface area contributed by atoms with Crippen molar-refractivity contribution in [3.8, 4) is 5.75 Å². The van der Waals surface area contributed by atoms with Crippen LogP contribution < -0.4 is 10.1 Å². The van der Waals surface area contributed by atoms with E-state index in [1.807, 2.05) is 0 Å². The topological polar surface area (TPSA) is 104 Å². The number of aromatic nitrogens is 2. The van der Waals surface area contributed by atoms with Crippen molar-refractivity contribution < 1.29 is 17.9 Å². The minimum Gasteiger partial charge on any atom is -0.495 e. The molecule has 0 radical (unpaired) electrons. The number of nitrogens with one attached hydrogen (secondary N) is 2. The molecular formula is C18H22N4O4S. The van der Waals surface area contributed by atoms with E-state index in [0.717, 1.165) is 31.5 Å². The van der Waals surface area contributed by atoms with Gasteiger partial charge in [-0.15, -0.1) is 0 Å². The fourth-order valence-electron chi connectivity index (χ4n) is 3.24. The predicted octanol–water partition coefficient (Wildman–Crippen LogP) is 2.33. The van der Waals surface area contributed by atoms with Gasteiger partial charge in [0, 0.05) is 30.8 Å². The van der Waals surface area contributed by atoms with Gasteiger partial charge in [-0.1, -0.05) is 0 Å². The number of carbonyl (C=O) groups excluding carboxylic acids is 1. The Kier molecular flexibility index (Phi) is 4.65. The lowest BCUT2D eigenvalue weighted by Crippen LogP contribution is -2.28. The molecule has 27 heavy (non-hydrogen) atoms. The first-order valence-electron chi connectivity index (χ1n) is 9.03. The number of hydrogen-bond donors (Lipinski definition) is 2. The maximum Gasteiger partial charge on any atom is 0.273 e. The van der Waals surface area contributed by atoms with E-state index in [0.29, 0.717) is 30.4 Å². The van der Waals surface area contributed by atoms with Crippen LogP contribution in [0.5, 0.6) is 5.75 Å². The Morgan fingerprint density at radius 2 is 2.04 bits per heavy atom. The summed E-state index contributed by atoms with van der Waals surface area (Å²) in [7, 11) is -2.18. The van der Waals surface area contributed by atoms with Crippen LogP contribution in [0.3, 0.4) is 0 Å². The van der Waals surface area contributed by atoms with Gasteiger partial charge >= 0.3 is 0 Å². The molecule has 1 aliphatic carbocycles. The van der Waals surface area contributed by atoms with E-state index in [4.69, 9.17) is 4.74 Å². The number of imidazole rings is 1. The van der Waals surface area contributed by atoms with E-state index in [9.17, 15) is 13.2 Å². The third-order valence-corrected chi connectivity index (χ3v) is 6.85. The molecule has 1 amide bonds. The summed E-state index contributed by atoms with van der Waals surface area (Å²) in [5.41, 5.74) is 0.837. The summed E-state index contributed by atoms with van der Waals surface area (Å²) < 4.78 is 32.3. The van der Waals surface area contributed by atoms with E-state index in [2.05, 4.69) is 15.3 Å². The van der Waals surface area contributed by atoms with Gasteiger partial charge in [-0.05, 0) is 37.8 Å². The number of ether oxygens (including phenoxy) is 1. The molecule has 0 atom stereocenters. The lowest BCUT2D eigenvalue weighted by molar-refractivity contribution is 0.102. The predicted molar refractivity (Wildman–Crippen MR) is 99.5 cm³/mol. The number of benzene rings is 1. The van der Waals surface area contributed by atoms with Gasteiger partial charge in [-0.2, -0.15) is 4.31 Å². The Morgan fingerprint density at radius 3 is 2.70 bits per heavy atom. The first-order valence-corrected chi connectivity index (χ1v) is 10.5. The standard InChI is InChI=1S/C18H22N4O4S/c1-26-15-10-13(6-7-16(15)27(24,25)22-8-2-3-9-22)20-18(23)14-11-19-17(21-14)12-4-5-12/h6-7,10-12H,2-5,8-9H2,1H3,(H,19,21)(H,20,23). The van der Waals surface area contributed by atoms with Crippen molar-refractivity contribution in [2.24, 2.45) is 0 Å². The molecule has 4 rings (SSSR count). The average Bonchev–Trinajstić information content (AvgIpc) is 3.14. The van der Waals surface area contributed by atoms with Gasteiger partial charge in [0.25, 0.3) is 5.91 Å². The minimum absolute atomic E-state index is 0.113. The summed E-state index contributed by atoms with van der Waals surface area (Å²) in [5.74, 6) is 1.15. The minimum atomic E-state index is -3.60. The van der Waals surface area contributed by atoms with Crippen LogP contribution in [0.2, 0.25) is 0 Å². The molecule has 0 bridgehead atoms. The molecule has 2 N–H and O–H groups in total. The van der Waals surface area contributed by atoms with Crippen LogP contribution in [0, 0.1) is 0 Å². The molecule has 1 aromatic heterocycles. The second-order valence-corrected chi connectivity index (χ2v) is 8.79. The van der Waals surface area contributed by atoms with Crippen LogP contribution >= 0.6 is 0 Å². The fourth-order valence-corrected chi connectivity index (χ4v) is 4.89. The van der Waals surface area contributed by atoms with E-state index in [1.165, 1.54) is 29.7 Å². The molecule has 2 heterocycles. The number of methoxy groups -OCH3 is 1. The number of carbonyl (C=O) groups is 1. The Bertz CT molecular complexity index is 959. The maximum absolute atomic E-state index is 12.8. The molecular weight excluding hydrogens is 368 g/mol. The summed E-state index contributed by atoms with van der Waals surface area (Å²) in [6.07, 6.45) is 5.44. The van der Waals surface area contributed by atoms with Gasteiger partial charge in [0.15, 0.2) is 0 Å². The number of amides is 1. The van der Waals surface area contributed by atoms with Gasteiger partial charge < -0.3 is 15.0 Å². The molecule has 9 heteroatoms. The molecule has 1 aromatic carbocycles. The molecule has 2 aliphatic rings. The quantitative estimate of drug-likeness (QED) is 0.788. The number of nitrogens with zero attached hydrogens (tertiary/aromatic N) is 2. The van der Waals surface area contributed by atoms with Crippen molar-refractivity contribution in [1.29, 1.82) is 0 Å². The fraction of sp³-hybridized carbons (Fsp3) is 0.444. The highest BCUT2D eigenvalue weighted by Gasteiger charge is 2.30. The van der Waals surface area contributed by atoms with Crippen LogP contribution in [0.15, 0.2) is 29.3 Å². The van der Waals surface area contributed by atoms with Gasteiger partial charge in [0.2, 0.25) is 10.0 Å². The van der Waals surface area contributed by atoms with Crippen molar-refractivity contribution in [3.05, 3.63) is 35.9 Å².